The van der Waals surface area contributed by atoms with Crippen molar-refractivity contribution in [2.75, 3.05) is 0 Å². The van der Waals surface area contributed by atoms with E-state index < -0.39 is 11.6 Å². The van der Waals surface area contributed by atoms with Crippen molar-refractivity contribution < 1.29 is 8.78 Å². The smallest absolute Gasteiger partial charge is 0.191 e. The van der Waals surface area contributed by atoms with Crippen LogP contribution < -0.4 is 11.5 Å². The molecule has 0 spiro atoms. The molecule has 13 heavy (non-hydrogen) atoms. The number of benzene rings is 1. The third kappa shape index (κ3) is 2.06. The molecule has 0 saturated heterocycles. The van der Waals surface area contributed by atoms with E-state index in [1.54, 1.807) is 0 Å². The number of aliphatic imine (C=N–C) groups is 1. The number of hydrogen-bond donors (Lipinski definition) is 2. The third-order valence-corrected chi connectivity index (χ3v) is 1.56. The Kier molecular flexibility index (Phi) is 2.67. The number of nitrogens with zero attached hydrogens (tertiary/aromatic N) is 1. The minimum absolute atomic E-state index is 0.276. The van der Waals surface area contributed by atoms with Crippen LogP contribution in [0.4, 0.5) is 14.5 Å². The van der Waals surface area contributed by atoms with E-state index in [1.807, 2.05) is 0 Å². The number of guanidine groups is 1. The minimum Gasteiger partial charge on any atom is -0.370 e. The van der Waals surface area contributed by atoms with Gasteiger partial charge in [-0.05, 0) is 12.1 Å². The second-order valence-electron chi connectivity index (χ2n) is 2.23. The first kappa shape index (κ1) is 9.73. The number of hydrogen-bond acceptors (Lipinski definition) is 1. The molecule has 1 rings (SSSR count). The van der Waals surface area contributed by atoms with Crippen LogP contribution in [0.15, 0.2) is 17.1 Å². The van der Waals surface area contributed by atoms with Gasteiger partial charge in [0, 0.05) is 0 Å². The van der Waals surface area contributed by atoms with Crippen LogP contribution in [-0.2, 0) is 0 Å². The molecule has 0 saturated carbocycles. The first-order chi connectivity index (χ1) is 6.02. The molecule has 0 amide bonds. The first-order valence-corrected chi connectivity index (χ1v) is 3.63. The highest BCUT2D eigenvalue weighted by Gasteiger charge is 2.11. The van der Waals surface area contributed by atoms with E-state index in [0.717, 1.165) is 0 Å². The maximum atomic E-state index is 12.9. The third-order valence-electron chi connectivity index (χ3n) is 1.26. The lowest BCUT2D eigenvalue weighted by Crippen LogP contribution is -2.22. The molecule has 4 N–H and O–H groups in total. The van der Waals surface area contributed by atoms with Gasteiger partial charge < -0.3 is 11.5 Å². The molecule has 0 fully saturated rings. The van der Waals surface area contributed by atoms with Crippen LogP contribution in [0, 0.1) is 11.6 Å². The van der Waals surface area contributed by atoms with Gasteiger partial charge in [0.25, 0.3) is 0 Å². The van der Waals surface area contributed by atoms with Gasteiger partial charge in [-0.1, -0.05) is 11.6 Å². The van der Waals surface area contributed by atoms with E-state index in [2.05, 4.69) is 4.99 Å². The number of nitrogens with two attached hydrogens (primary N) is 2. The van der Waals surface area contributed by atoms with Gasteiger partial charge in [0.1, 0.15) is 5.69 Å². The monoisotopic (exact) mass is 205 g/mol. The second kappa shape index (κ2) is 3.57. The van der Waals surface area contributed by atoms with Crippen molar-refractivity contribution in [3.05, 3.63) is 28.8 Å². The summed E-state index contributed by atoms with van der Waals surface area (Å²) < 4.78 is 25.7. The van der Waals surface area contributed by atoms with Gasteiger partial charge in [0.15, 0.2) is 17.6 Å². The minimum atomic E-state index is -1.17. The number of rotatable bonds is 1. The average molecular weight is 206 g/mol. The highest BCUT2D eigenvalue weighted by atomic mass is 35.5. The van der Waals surface area contributed by atoms with Crippen molar-refractivity contribution in [3.63, 3.8) is 0 Å². The summed E-state index contributed by atoms with van der Waals surface area (Å²) in [7, 11) is 0. The van der Waals surface area contributed by atoms with Crippen molar-refractivity contribution in [2.24, 2.45) is 16.5 Å². The molecular weight excluding hydrogens is 200 g/mol. The summed E-state index contributed by atoms with van der Waals surface area (Å²) in [6.07, 6.45) is 0. The summed E-state index contributed by atoms with van der Waals surface area (Å²) in [5, 5.41) is -0.313. The second-order valence-corrected chi connectivity index (χ2v) is 2.64. The molecule has 0 aliphatic rings. The molecule has 0 atom stereocenters. The van der Waals surface area contributed by atoms with Crippen LogP contribution >= 0.6 is 11.6 Å². The van der Waals surface area contributed by atoms with Crippen molar-refractivity contribution >= 4 is 23.2 Å². The lowest BCUT2D eigenvalue weighted by atomic mass is 10.3. The standard InChI is InChI=1S/C7H6ClF2N3/c8-3-1-2-4(13-7(11)12)6(10)5(3)9/h1-2H,(H4,11,12,13). The van der Waals surface area contributed by atoms with E-state index in [1.165, 1.54) is 12.1 Å². The van der Waals surface area contributed by atoms with Gasteiger partial charge in [-0.15, -0.1) is 0 Å². The molecule has 0 unspecified atom stereocenters. The van der Waals surface area contributed by atoms with E-state index in [9.17, 15) is 8.78 Å². The molecule has 1 aromatic carbocycles. The Hall–Kier alpha value is -1.36. The lowest BCUT2D eigenvalue weighted by Gasteiger charge is -1.99. The average Bonchev–Trinajstić information content (AvgIpc) is 2.06. The fourth-order valence-electron chi connectivity index (χ4n) is 0.741. The van der Waals surface area contributed by atoms with Gasteiger partial charge in [0.05, 0.1) is 5.02 Å². The van der Waals surface area contributed by atoms with Gasteiger partial charge >= 0.3 is 0 Å². The molecule has 0 aliphatic carbocycles. The van der Waals surface area contributed by atoms with E-state index in [4.69, 9.17) is 23.1 Å². The van der Waals surface area contributed by atoms with Crippen molar-refractivity contribution in [1.29, 1.82) is 0 Å². The molecule has 0 aliphatic heterocycles. The number of halogens is 3. The molecule has 3 nitrogen and oxygen atoms in total. The zero-order chi connectivity index (χ0) is 10.0. The molecule has 0 heterocycles. The van der Waals surface area contributed by atoms with E-state index in [0.29, 0.717) is 0 Å². The van der Waals surface area contributed by atoms with Crippen LogP contribution in [0.5, 0.6) is 0 Å². The molecule has 0 radical (unpaired) electrons. The molecule has 6 heteroatoms. The van der Waals surface area contributed by atoms with Crippen molar-refractivity contribution in [2.45, 2.75) is 0 Å². The highest BCUT2D eigenvalue weighted by molar-refractivity contribution is 6.30. The van der Waals surface area contributed by atoms with Crippen molar-refractivity contribution in [3.8, 4) is 0 Å². The molecule has 1 aromatic rings. The van der Waals surface area contributed by atoms with Gasteiger partial charge in [0.2, 0.25) is 0 Å². The Morgan fingerprint density at radius 3 is 2.38 bits per heavy atom. The Labute approximate surface area is 78.0 Å². The Balaban J connectivity index is 3.26. The van der Waals surface area contributed by atoms with Crippen LogP contribution in [0.25, 0.3) is 0 Å². The van der Waals surface area contributed by atoms with Crippen LogP contribution in [-0.4, -0.2) is 5.96 Å². The maximum Gasteiger partial charge on any atom is 0.191 e. The fourth-order valence-corrected chi connectivity index (χ4v) is 0.887. The van der Waals surface area contributed by atoms with Crippen molar-refractivity contribution in [1.82, 2.24) is 0 Å². The van der Waals surface area contributed by atoms with Crippen LogP contribution in [0.3, 0.4) is 0 Å². The van der Waals surface area contributed by atoms with Gasteiger partial charge in [-0.3, -0.25) is 0 Å². The van der Waals surface area contributed by atoms with Crippen LogP contribution in [0.2, 0.25) is 5.02 Å². The molecular formula is C7H6ClF2N3. The molecule has 70 valence electrons. The predicted octanol–water partition coefficient (Wildman–Crippen LogP) is 1.52. The first-order valence-electron chi connectivity index (χ1n) is 3.25. The summed E-state index contributed by atoms with van der Waals surface area (Å²) in [4.78, 5) is 3.36. The summed E-state index contributed by atoms with van der Waals surface area (Å²) in [6, 6.07) is 2.35. The topological polar surface area (TPSA) is 64.4 Å². The quantitative estimate of drug-likeness (QED) is 0.415. The maximum absolute atomic E-state index is 12.9. The summed E-state index contributed by atoms with van der Waals surface area (Å²) in [5.74, 6) is -2.68. The summed E-state index contributed by atoms with van der Waals surface area (Å²) >= 11 is 5.30. The molecule has 0 aromatic heterocycles. The SMILES string of the molecule is NC(N)=Nc1ccc(Cl)c(F)c1F. The highest BCUT2D eigenvalue weighted by Crippen LogP contribution is 2.25. The van der Waals surface area contributed by atoms with E-state index >= 15 is 0 Å². The Morgan fingerprint density at radius 2 is 1.85 bits per heavy atom. The fraction of sp³-hybridized carbons (Fsp3) is 0. The Bertz CT molecular complexity index is 361. The normalized spacial score (nSPS) is 9.77. The van der Waals surface area contributed by atoms with Gasteiger partial charge in [-0.2, -0.15) is 0 Å². The van der Waals surface area contributed by atoms with E-state index in [-0.39, 0.29) is 16.7 Å². The zero-order valence-electron chi connectivity index (χ0n) is 6.39. The van der Waals surface area contributed by atoms with Crippen LogP contribution in [0.1, 0.15) is 0 Å². The lowest BCUT2D eigenvalue weighted by molar-refractivity contribution is 0.511. The molecule has 0 bridgehead atoms. The zero-order valence-corrected chi connectivity index (χ0v) is 7.15. The Morgan fingerprint density at radius 1 is 1.23 bits per heavy atom. The predicted molar refractivity (Wildman–Crippen MR) is 46.8 cm³/mol. The summed E-state index contributed by atoms with van der Waals surface area (Å²) in [5.41, 5.74) is 9.70. The van der Waals surface area contributed by atoms with Gasteiger partial charge in [-0.25, -0.2) is 13.8 Å². The largest absolute Gasteiger partial charge is 0.370 e. The summed E-state index contributed by atoms with van der Waals surface area (Å²) in [6.45, 7) is 0.